The Morgan fingerprint density at radius 1 is 1.33 bits per heavy atom. The zero-order chi connectivity index (χ0) is 14.8. The first-order chi connectivity index (χ1) is 10.2. The van der Waals surface area contributed by atoms with Crippen LogP contribution in [-0.4, -0.2) is 43.6 Å². The molecule has 2 aliphatic rings. The van der Waals surface area contributed by atoms with Crippen molar-refractivity contribution in [2.24, 2.45) is 5.92 Å². The maximum Gasteiger partial charge on any atom is 0.230 e. The summed E-state index contributed by atoms with van der Waals surface area (Å²) in [5.74, 6) is 1.61. The van der Waals surface area contributed by atoms with Gasteiger partial charge in [-0.25, -0.2) is 0 Å². The van der Waals surface area contributed by atoms with Crippen LogP contribution < -0.4 is 10.1 Å². The molecule has 3 unspecified atom stereocenters. The van der Waals surface area contributed by atoms with Gasteiger partial charge in [-0.05, 0) is 31.9 Å². The number of amides is 1. The number of piperidine rings is 1. The van der Waals surface area contributed by atoms with Crippen LogP contribution in [0.5, 0.6) is 5.75 Å². The van der Waals surface area contributed by atoms with Crippen LogP contribution in [0.1, 0.15) is 31.2 Å². The van der Waals surface area contributed by atoms with Crippen LogP contribution in [0, 0.1) is 5.92 Å². The molecule has 1 amide bonds. The summed E-state index contributed by atoms with van der Waals surface area (Å²) in [6.07, 6.45) is 1.82. The molecule has 1 fully saturated rings. The van der Waals surface area contributed by atoms with Gasteiger partial charge in [-0.15, -0.1) is 0 Å². The summed E-state index contributed by atoms with van der Waals surface area (Å²) in [5.41, 5.74) is 1.05. The van der Waals surface area contributed by atoms with Crippen molar-refractivity contribution in [3.8, 4) is 5.75 Å². The third-order valence-corrected chi connectivity index (χ3v) is 4.84. The van der Waals surface area contributed by atoms with Crippen molar-refractivity contribution in [3.63, 3.8) is 0 Å². The van der Waals surface area contributed by atoms with E-state index in [9.17, 15) is 4.79 Å². The van der Waals surface area contributed by atoms with E-state index >= 15 is 0 Å². The van der Waals surface area contributed by atoms with Crippen molar-refractivity contribution in [1.29, 1.82) is 0 Å². The molecule has 21 heavy (non-hydrogen) atoms. The molecule has 3 atom stereocenters. The molecular weight excluding hydrogens is 264 g/mol. The van der Waals surface area contributed by atoms with Gasteiger partial charge in [0.25, 0.3) is 0 Å². The molecule has 0 radical (unpaired) electrons. The second-order valence-electron chi connectivity index (χ2n) is 6.17. The highest BCUT2D eigenvalue weighted by Crippen LogP contribution is 2.35. The zero-order valence-corrected chi connectivity index (χ0v) is 12.8. The summed E-state index contributed by atoms with van der Waals surface area (Å²) in [5, 5.41) is 3.35. The molecule has 2 aliphatic heterocycles. The summed E-state index contributed by atoms with van der Waals surface area (Å²) >= 11 is 0. The van der Waals surface area contributed by atoms with Gasteiger partial charge in [0.1, 0.15) is 5.75 Å². The van der Waals surface area contributed by atoms with E-state index in [-0.39, 0.29) is 11.8 Å². The van der Waals surface area contributed by atoms with Gasteiger partial charge < -0.3 is 15.0 Å². The summed E-state index contributed by atoms with van der Waals surface area (Å²) in [6, 6.07) is 8.47. The van der Waals surface area contributed by atoms with E-state index in [0.717, 1.165) is 37.2 Å². The molecule has 4 heteroatoms. The molecule has 1 saturated heterocycles. The SMILES string of the molecule is CNC1CCN(C(=O)C2CCOc3ccccc32)CC1C. The van der Waals surface area contributed by atoms with E-state index < -0.39 is 0 Å². The van der Waals surface area contributed by atoms with Crippen LogP contribution >= 0.6 is 0 Å². The highest BCUT2D eigenvalue weighted by molar-refractivity contribution is 5.85. The van der Waals surface area contributed by atoms with Gasteiger partial charge in [0.15, 0.2) is 0 Å². The molecule has 2 heterocycles. The van der Waals surface area contributed by atoms with E-state index in [4.69, 9.17) is 4.74 Å². The standard InChI is InChI=1S/C17H24N2O2/c1-12-11-19(9-7-15(12)18-2)17(20)14-8-10-21-16-6-4-3-5-13(14)16/h3-6,12,14-15,18H,7-11H2,1-2H3. The number of likely N-dealkylation sites (tertiary alicyclic amines) is 1. The van der Waals surface area contributed by atoms with E-state index in [1.54, 1.807) is 0 Å². The minimum absolute atomic E-state index is 0.0340. The molecule has 0 aliphatic carbocycles. The number of hydrogen-bond acceptors (Lipinski definition) is 3. The van der Waals surface area contributed by atoms with Crippen LogP contribution in [0.2, 0.25) is 0 Å². The fraction of sp³-hybridized carbons (Fsp3) is 0.588. The number of fused-ring (bicyclic) bond motifs is 1. The van der Waals surface area contributed by atoms with E-state index in [1.165, 1.54) is 0 Å². The number of carbonyl (C=O) groups excluding carboxylic acids is 1. The molecular formula is C17H24N2O2. The fourth-order valence-electron chi connectivity index (χ4n) is 3.59. The largest absolute Gasteiger partial charge is 0.493 e. The average Bonchev–Trinajstić information content (AvgIpc) is 2.53. The van der Waals surface area contributed by atoms with Crippen LogP contribution in [0.3, 0.4) is 0 Å². The van der Waals surface area contributed by atoms with Gasteiger partial charge in [-0.3, -0.25) is 4.79 Å². The molecule has 0 spiro atoms. The van der Waals surface area contributed by atoms with Crippen molar-refractivity contribution in [2.75, 3.05) is 26.7 Å². The lowest BCUT2D eigenvalue weighted by molar-refractivity contribution is -0.135. The lowest BCUT2D eigenvalue weighted by Gasteiger charge is -2.39. The van der Waals surface area contributed by atoms with E-state index in [1.807, 2.05) is 36.2 Å². The monoisotopic (exact) mass is 288 g/mol. The Morgan fingerprint density at radius 3 is 2.90 bits per heavy atom. The fourth-order valence-corrected chi connectivity index (χ4v) is 3.59. The number of ether oxygens (including phenoxy) is 1. The zero-order valence-electron chi connectivity index (χ0n) is 12.8. The third-order valence-electron chi connectivity index (χ3n) is 4.84. The second-order valence-corrected chi connectivity index (χ2v) is 6.17. The highest BCUT2D eigenvalue weighted by atomic mass is 16.5. The van der Waals surface area contributed by atoms with Crippen molar-refractivity contribution in [1.82, 2.24) is 10.2 Å². The number of nitrogens with zero attached hydrogens (tertiary/aromatic N) is 1. The van der Waals surface area contributed by atoms with Crippen LogP contribution in [0.25, 0.3) is 0 Å². The number of benzene rings is 1. The molecule has 1 aromatic rings. The van der Waals surface area contributed by atoms with Crippen LogP contribution in [0.4, 0.5) is 0 Å². The molecule has 1 N–H and O–H groups in total. The molecule has 0 bridgehead atoms. The van der Waals surface area contributed by atoms with Crippen molar-refractivity contribution in [2.45, 2.75) is 31.7 Å². The Bertz CT molecular complexity index is 517. The van der Waals surface area contributed by atoms with Crippen LogP contribution in [0.15, 0.2) is 24.3 Å². The molecule has 0 aromatic heterocycles. The predicted octanol–water partition coefficient (Wildman–Crippen LogP) is 2.01. The number of carbonyl (C=O) groups is 1. The van der Waals surface area contributed by atoms with Gasteiger partial charge in [-0.1, -0.05) is 25.1 Å². The van der Waals surface area contributed by atoms with Crippen LogP contribution in [-0.2, 0) is 4.79 Å². The summed E-state index contributed by atoms with van der Waals surface area (Å²) in [4.78, 5) is 15.0. The topological polar surface area (TPSA) is 41.6 Å². The molecule has 114 valence electrons. The molecule has 1 aromatic carbocycles. The normalized spacial score (nSPS) is 28.7. The summed E-state index contributed by atoms with van der Waals surface area (Å²) in [7, 11) is 2.01. The minimum atomic E-state index is -0.0340. The molecule has 3 rings (SSSR count). The lowest BCUT2D eigenvalue weighted by Crippen LogP contribution is -2.50. The van der Waals surface area contributed by atoms with Gasteiger partial charge in [0.05, 0.1) is 12.5 Å². The second kappa shape index (κ2) is 6.06. The van der Waals surface area contributed by atoms with Gasteiger partial charge >= 0.3 is 0 Å². The summed E-state index contributed by atoms with van der Waals surface area (Å²) in [6.45, 7) is 4.56. The molecule has 0 saturated carbocycles. The minimum Gasteiger partial charge on any atom is -0.493 e. The van der Waals surface area contributed by atoms with Crippen molar-refractivity contribution >= 4 is 5.91 Å². The number of nitrogens with one attached hydrogen (secondary N) is 1. The maximum absolute atomic E-state index is 12.9. The first-order valence-electron chi connectivity index (χ1n) is 7.88. The Labute approximate surface area is 126 Å². The van der Waals surface area contributed by atoms with E-state index in [2.05, 4.69) is 12.2 Å². The quantitative estimate of drug-likeness (QED) is 0.905. The summed E-state index contributed by atoms with van der Waals surface area (Å²) < 4.78 is 5.67. The first kappa shape index (κ1) is 14.4. The van der Waals surface area contributed by atoms with Crippen molar-refractivity contribution in [3.05, 3.63) is 29.8 Å². The number of rotatable bonds is 2. The van der Waals surface area contributed by atoms with E-state index in [0.29, 0.717) is 18.6 Å². The van der Waals surface area contributed by atoms with Gasteiger partial charge in [0, 0.05) is 24.7 Å². The first-order valence-corrected chi connectivity index (χ1v) is 7.88. The van der Waals surface area contributed by atoms with Gasteiger partial charge in [-0.2, -0.15) is 0 Å². The van der Waals surface area contributed by atoms with Crippen molar-refractivity contribution < 1.29 is 9.53 Å². The average molecular weight is 288 g/mol. The Morgan fingerprint density at radius 2 is 2.14 bits per heavy atom. The third kappa shape index (κ3) is 2.77. The molecule has 4 nitrogen and oxygen atoms in total. The number of hydrogen-bond donors (Lipinski definition) is 1. The number of para-hydroxylation sites is 1. The Balaban J connectivity index is 1.75. The predicted molar refractivity (Wildman–Crippen MR) is 82.5 cm³/mol. The van der Waals surface area contributed by atoms with Gasteiger partial charge in [0.2, 0.25) is 5.91 Å². The smallest absolute Gasteiger partial charge is 0.230 e. The Hall–Kier alpha value is -1.55. The Kier molecular flexibility index (Phi) is 4.15. The maximum atomic E-state index is 12.9. The highest BCUT2D eigenvalue weighted by Gasteiger charge is 2.34. The lowest BCUT2D eigenvalue weighted by atomic mass is 9.89.